The van der Waals surface area contributed by atoms with Crippen LogP contribution >= 0.6 is 0 Å². The summed E-state index contributed by atoms with van der Waals surface area (Å²) in [5.41, 5.74) is 1.35. The zero-order chi connectivity index (χ0) is 20.3. The van der Waals surface area contributed by atoms with Crippen LogP contribution in [-0.2, 0) is 10.0 Å². The van der Waals surface area contributed by atoms with E-state index >= 15 is 0 Å². The molecule has 1 aliphatic heterocycles. The Kier molecular flexibility index (Phi) is 6.20. The lowest BCUT2D eigenvalue weighted by atomic mass is 9.94. The van der Waals surface area contributed by atoms with Gasteiger partial charge in [-0.3, -0.25) is 4.79 Å². The van der Waals surface area contributed by atoms with Crippen molar-refractivity contribution in [2.75, 3.05) is 13.1 Å². The van der Waals surface area contributed by atoms with Gasteiger partial charge < -0.3 is 5.32 Å². The molecule has 1 heterocycles. The highest BCUT2D eigenvalue weighted by molar-refractivity contribution is 7.89. The van der Waals surface area contributed by atoms with Crippen LogP contribution in [0, 0.1) is 11.8 Å². The summed E-state index contributed by atoms with van der Waals surface area (Å²) >= 11 is 0. The number of benzene rings is 2. The predicted molar refractivity (Wildman–Crippen MR) is 110 cm³/mol. The molecule has 1 fully saturated rings. The number of hydrogen-bond acceptors (Lipinski definition) is 3. The molecule has 3 atom stereocenters. The molecule has 2 aromatic rings. The first-order valence-corrected chi connectivity index (χ1v) is 11.2. The molecular weight excluding hydrogens is 372 g/mol. The Balaban J connectivity index is 1.78. The highest BCUT2D eigenvalue weighted by Gasteiger charge is 2.32. The molecule has 150 valence electrons. The summed E-state index contributed by atoms with van der Waals surface area (Å²) in [7, 11) is -3.61. The standard InChI is InChI=1S/C22H28N2O3S/c1-16-12-17(2)15-24(14-16)28(26,27)21-11-7-10-20(13-21)22(25)23-18(3)19-8-5-4-6-9-19/h4-11,13,16-18H,12,14-15H2,1-3H3,(H,23,25)/t16-,17-,18+/m1/s1. The van der Waals surface area contributed by atoms with Crippen molar-refractivity contribution in [3.05, 3.63) is 65.7 Å². The Morgan fingerprint density at radius 2 is 1.68 bits per heavy atom. The van der Waals surface area contributed by atoms with Crippen LogP contribution in [0.5, 0.6) is 0 Å². The summed E-state index contributed by atoms with van der Waals surface area (Å²) in [6.07, 6.45) is 1.03. The van der Waals surface area contributed by atoms with Crippen molar-refractivity contribution in [2.45, 2.75) is 38.1 Å². The molecule has 1 amide bonds. The Hall–Kier alpha value is -2.18. The van der Waals surface area contributed by atoms with E-state index in [1.165, 1.54) is 6.07 Å². The lowest BCUT2D eigenvalue weighted by Gasteiger charge is -2.34. The molecule has 0 radical (unpaired) electrons. The third-order valence-corrected chi connectivity index (χ3v) is 7.04. The molecule has 0 aliphatic carbocycles. The molecule has 0 saturated carbocycles. The average molecular weight is 401 g/mol. The van der Waals surface area contributed by atoms with E-state index in [-0.39, 0.29) is 16.8 Å². The van der Waals surface area contributed by atoms with Crippen LogP contribution < -0.4 is 5.32 Å². The Morgan fingerprint density at radius 3 is 2.32 bits per heavy atom. The number of nitrogens with zero attached hydrogens (tertiary/aromatic N) is 1. The molecule has 1 N–H and O–H groups in total. The van der Waals surface area contributed by atoms with Gasteiger partial charge in [-0.1, -0.05) is 50.2 Å². The molecule has 0 aromatic heterocycles. The van der Waals surface area contributed by atoms with Crippen molar-refractivity contribution in [2.24, 2.45) is 11.8 Å². The number of amides is 1. The first-order valence-electron chi connectivity index (χ1n) is 9.73. The van der Waals surface area contributed by atoms with Gasteiger partial charge in [0.25, 0.3) is 5.91 Å². The predicted octanol–water partition coefficient (Wildman–Crippen LogP) is 3.84. The Labute approximate surface area is 167 Å². The smallest absolute Gasteiger partial charge is 0.251 e. The average Bonchev–Trinajstić information content (AvgIpc) is 2.68. The molecule has 6 heteroatoms. The van der Waals surface area contributed by atoms with E-state index in [9.17, 15) is 13.2 Å². The second-order valence-electron chi connectivity index (χ2n) is 7.90. The van der Waals surface area contributed by atoms with E-state index in [1.54, 1.807) is 22.5 Å². The molecule has 28 heavy (non-hydrogen) atoms. The van der Waals surface area contributed by atoms with Gasteiger partial charge in [0.2, 0.25) is 10.0 Å². The van der Waals surface area contributed by atoms with Gasteiger partial charge in [0.15, 0.2) is 0 Å². The lowest BCUT2D eigenvalue weighted by Crippen LogP contribution is -2.42. The second kappa shape index (κ2) is 8.45. The quantitative estimate of drug-likeness (QED) is 0.829. The minimum atomic E-state index is -3.61. The monoisotopic (exact) mass is 400 g/mol. The Morgan fingerprint density at radius 1 is 1.04 bits per heavy atom. The maximum Gasteiger partial charge on any atom is 0.251 e. The van der Waals surface area contributed by atoms with E-state index in [2.05, 4.69) is 19.2 Å². The van der Waals surface area contributed by atoms with Crippen LogP contribution in [-0.4, -0.2) is 31.7 Å². The third-order valence-electron chi connectivity index (χ3n) is 5.22. The van der Waals surface area contributed by atoms with Crippen molar-refractivity contribution in [3.63, 3.8) is 0 Å². The van der Waals surface area contributed by atoms with Gasteiger partial charge in [-0.05, 0) is 48.9 Å². The van der Waals surface area contributed by atoms with Gasteiger partial charge in [0, 0.05) is 18.7 Å². The van der Waals surface area contributed by atoms with Crippen LogP contribution in [0.1, 0.15) is 49.2 Å². The number of piperidine rings is 1. The summed E-state index contributed by atoms with van der Waals surface area (Å²) < 4.78 is 27.7. The number of nitrogens with one attached hydrogen (secondary N) is 1. The zero-order valence-corrected chi connectivity index (χ0v) is 17.4. The van der Waals surface area contributed by atoms with Gasteiger partial charge in [-0.25, -0.2) is 8.42 Å². The number of rotatable bonds is 5. The Bertz CT molecular complexity index is 918. The lowest BCUT2D eigenvalue weighted by molar-refractivity contribution is 0.0939. The summed E-state index contributed by atoms with van der Waals surface area (Å²) in [6, 6.07) is 15.8. The van der Waals surface area contributed by atoms with Crippen molar-refractivity contribution < 1.29 is 13.2 Å². The van der Waals surface area contributed by atoms with E-state index in [1.807, 2.05) is 37.3 Å². The molecule has 2 aromatic carbocycles. The van der Waals surface area contributed by atoms with Gasteiger partial charge in [-0.15, -0.1) is 0 Å². The number of carbonyl (C=O) groups is 1. The highest BCUT2D eigenvalue weighted by Crippen LogP contribution is 2.27. The highest BCUT2D eigenvalue weighted by atomic mass is 32.2. The summed E-state index contributed by atoms with van der Waals surface area (Å²) in [4.78, 5) is 12.8. The fraction of sp³-hybridized carbons (Fsp3) is 0.409. The summed E-state index contributed by atoms with van der Waals surface area (Å²) in [5.74, 6) is 0.377. The maximum atomic E-state index is 13.1. The minimum absolute atomic E-state index is 0.169. The van der Waals surface area contributed by atoms with Gasteiger partial charge in [0.1, 0.15) is 0 Å². The second-order valence-corrected chi connectivity index (χ2v) is 9.84. The zero-order valence-electron chi connectivity index (χ0n) is 16.6. The number of sulfonamides is 1. The normalized spacial score (nSPS) is 21.8. The molecule has 5 nitrogen and oxygen atoms in total. The fourth-order valence-electron chi connectivity index (χ4n) is 3.85. The summed E-state index contributed by atoms with van der Waals surface area (Å²) in [5, 5.41) is 2.94. The fourth-order valence-corrected chi connectivity index (χ4v) is 5.58. The molecular formula is C22H28N2O3S. The molecule has 1 saturated heterocycles. The van der Waals surface area contributed by atoms with E-state index in [0.29, 0.717) is 30.5 Å². The number of carbonyl (C=O) groups excluding carboxylic acids is 1. The van der Waals surface area contributed by atoms with Crippen molar-refractivity contribution >= 4 is 15.9 Å². The largest absolute Gasteiger partial charge is 0.346 e. The topological polar surface area (TPSA) is 66.5 Å². The van der Waals surface area contributed by atoms with E-state index in [0.717, 1.165) is 12.0 Å². The first-order chi connectivity index (χ1) is 13.3. The summed E-state index contributed by atoms with van der Waals surface area (Å²) in [6.45, 7) is 7.10. The third kappa shape index (κ3) is 4.62. The van der Waals surface area contributed by atoms with Crippen LogP contribution in [0.3, 0.4) is 0 Å². The minimum Gasteiger partial charge on any atom is -0.346 e. The van der Waals surface area contributed by atoms with Crippen molar-refractivity contribution in [1.82, 2.24) is 9.62 Å². The first kappa shape index (κ1) is 20.6. The number of hydrogen-bond donors (Lipinski definition) is 1. The molecule has 0 spiro atoms. The van der Waals surface area contributed by atoms with Crippen LogP contribution in [0.4, 0.5) is 0 Å². The van der Waals surface area contributed by atoms with E-state index in [4.69, 9.17) is 0 Å². The van der Waals surface area contributed by atoms with Gasteiger partial charge >= 0.3 is 0 Å². The maximum absolute atomic E-state index is 13.1. The molecule has 3 rings (SSSR count). The van der Waals surface area contributed by atoms with Crippen molar-refractivity contribution in [1.29, 1.82) is 0 Å². The van der Waals surface area contributed by atoms with Crippen LogP contribution in [0.2, 0.25) is 0 Å². The molecule has 0 unspecified atom stereocenters. The van der Waals surface area contributed by atoms with Gasteiger partial charge in [0.05, 0.1) is 10.9 Å². The van der Waals surface area contributed by atoms with Crippen LogP contribution in [0.15, 0.2) is 59.5 Å². The SMILES string of the molecule is C[C@@H]1C[C@@H](C)CN(S(=O)(=O)c2cccc(C(=O)N[C@@H](C)c3ccccc3)c2)C1. The van der Waals surface area contributed by atoms with Gasteiger partial charge in [-0.2, -0.15) is 4.31 Å². The van der Waals surface area contributed by atoms with Crippen LogP contribution in [0.25, 0.3) is 0 Å². The van der Waals surface area contributed by atoms with Crippen molar-refractivity contribution in [3.8, 4) is 0 Å². The molecule has 1 aliphatic rings. The molecule has 0 bridgehead atoms. The van der Waals surface area contributed by atoms with E-state index < -0.39 is 10.0 Å².